The Labute approximate surface area is 211 Å². The number of thiophene rings is 1. The highest BCUT2D eigenvalue weighted by atomic mass is 32.1. The van der Waals surface area contributed by atoms with Gasteiger partial charge in [-0.05, 0) is 56.6 Å². The predicted molar refractivity (Wildman–Crippen MR) is 138 cm³/mol. The average molecular weight is 498 g/mol. The van der Waals surface area contributed by atoms with Crippen LogP contribution in [0.2, 0.25) is 0 Å². The van der Waals surface area contributed by atoms with E-state index in [2.05, 4.69) is 17.4 Å². The summed E-state index contributed by atoms with van der Waals surface area (Å²) in [6.45, 7) is 3.58. The number of aliphatic carboxylic acids is 1. The zero-order chi connectivity index (χ0) is 24.9. The van der Waals surface area contributed by atoms with Gasteiger partial charge in [-0.2, -0.15) is 0 Å². The molecule has 188 valence electrons. The lowest BCUT2D eigenvalue weighted by Gasteiger charge is -2.27. The van der Waals surface area contributed by atoms with Gasteiger partial charge in [0.25, 0.3) is 0 Å². The van der Waals surface area contributed by atoms with Crippen LogP contribution in [-0.2, 0) is 14.3 Å². The van der Waals surface area contributed by atoms with Crippen LogP contribution >= 0.6 is 11.3 Å². The second-order valence-corrected chi connectivity index (χ2v) is 11.0. The van der Waals surface area contributed by atoms with Crippen molar-refractivity contribution < 1.29 is 24.2 Å². The Morgan fingerprint density at radius 2 is 1.57 bits per heavy atom. The molecule has 2 saturated carbocycles. The van der Waals surface area contributed by atoms with Crippen molar-refractivity contribution in [2.24, 2.45) is 11.8 Å². The van der Waals surface area contributed by atoms with Crippen LogP contribution in [0.15, 0.2) is 29.6 Å². The van der Waals surface area contributed by atoms with Crippen LogP contribution < -0.4 is 5.32 Å². The van der Waals surface area contributed by atoms with E-state index in [1.807, 2.05) is 17.5 Å². The topological polar surface area (TPSA) is 92.7 Å². The minimum Gasteiger partial charge on any atom is -0.481 e. The molecule has 2 aromatic rings. The van der Waals surface area contributed by atoms with E-state index in [4.69, 9.17) is 4.74 Å². The molecule has 1 heterocycles. The van der Waals surface area contributed by atoms with Crippen LogP contribution in [-0.4, -0.2) is 29.1 Å². The number of amides is 1. The maximum absolute atomic E-state index is 13.1. The molecule has 7 heteroatoms. The minimum absolute atomic E-state index is 0.304. The molecule has 1 aromatic heterocycles. The van der Waals surface area contributed by atoms with E-state index in [0.717, 1.165) is 24.0 Å². The molecule has 2 N–H and O–H groups in total. The summed E-state index contributed by atoms with van der Waals surface area (Å²) in [5.41, 5.74) is 3.30. The molecule has 0 radical (unpaired) electrons. The van der Waals surface area contributed by atoms with Crippen molar-refractivity contribution >= 4 is 34.2 Å². The van der Waals surface area contributed by atoms with E-state index in [9.17, 15) is 19.5 Å². The van der Waals surface area contributed by atoms with E-state index < -0.39 is 23.8 Å². The van der Waals surface area contributed by atoms with Gasteiger partial charge in [-0.25, -0.2) is 4.79 Å². The number of carboxylic acid groups (broad SMARTS) is 1. The quantitative estimate of drug-likeness (QED) is 0.408. The summed E-state index contributed by atoms with van der Waals surface area (Å²) in [6.07, 6.45) is 8.67. The van der Waals surface area contributed by atoms with Gasteiger partial charge in [-0.15, -0.1) is 11.3 Å². The molecule has 0 spiro atoms. The molecule has 2 fully saturated rings. The van der Waals surface area contributed by atoms with Crippen molar-refractivity contribution in [2.75, 3.05) is 5.32 Å². The van der Waals surface area contributed by atoms with E-state index in [0.29, 0.717) is 29.3 Å². The zero-order valence-electron chi connectivity index (χ0n) is 20.5. The molecule has 35 heavy (non-hydrogen) atoms. The maximum atomic E-state index is 13.1. The zero-order valence-corrected chi connectivity index (χ0v) is 21.4. The highest BCUT2D eigenvalue weighted by Gasteiger charge is 2.36. The van der Waals surface area contributed by atoms with E-state index >= 15 is 0 Å². The Morgan fingerprint density at radius 3 is 2.20 bits per heavy atom. The number of carboxylic acids is 1. The molecule has 4 rings (SSSR count). The number of esters is 1. The van der Waals surface area contributed by atoms with E-state index in [1.165, 1.54) is 49.0 Å². The third kappa shape index (κ3) is 5.95. The van der Waals surface area contributed by atoms with Gasteiger partial charge in [0, 0.05) is 10.9 Å². The molecule has 0 bridgehead atoms. The summed E-state index contributed by atoms with van der Waals surface area (Å²) in [5.74, 6) is -2.46. The molecule has 2 aliphatic carbocycles. The van der Waals surface area contributed by atoms with Crippen molar-refractivity contribution in [3.63, 3.8) is 0 Å². The lowest BCUT2D eigenvalue weighted by atomic mass is 9.78. The van der Waals surface area contributed by atoms with Gasteiger partial charge in [0.1, 0.15) is 10.6 Å². The van der Waals surface area contributed by atoms with Crippen molar-refractivity contribution in [1.29, 1.82) is 0 Å². The fraction of sp³-hybridized carbons (Fsp3) is 0.536. The summed E-state index contributed by atoms with van der Waals surface area (Å²) in [5, 5.41) is 14.8. The normalized spacial score (nSPS) is 21.0. The minimum atomic E-state index is -0.936. The summed E-state index contributed by atoms with van der Waals surface area (Å²) >= 11 is 1.28. The summed E-state index contributed by atoms with van der Waals surface area (Å²) in [4.78, 5) is 37.9. The van der Waals surface area contributed by atoms with Gasteiger partial charge < -0.3 is 15.2 Å². The predicted octanol–water partition coefficient (Wildman–Crippen LogP) is 6.86. The Morgan fingerprint density at radius 1 is 0.943 bits per heavy atom. The Bertz CT molecular complexity index is 1050. The van der Waals surface area contributed by atoms with Gasteiger partial charge in [0.05, 0.1) is 17.9 Å². The van der Waals surface area contributed by atoms with Crippen molar-refractivity contribution in [1.82, 2.24) is 0 Å². The standard InChI is InChI=1S/C28H35NO5S/c1-17(2)34-28(33)24-23(20-14-12-19(13-15-20)18-8-4-3-5-9-18)16-35-26(24)29-25(30)21-10-6-7-11-22(21)27(31)32/h12-18,21-22H,3-11H2,1-2H3,(H,29,30)(H,31,32)/t21-,22-/m1/s1. The number of carbonyl (C=O) groups is 3. The van der Waals surface area contributed by atoms with Crippen LogP contribution in [0.1, 0.15) is 93.5 Å². The number of anilines is 1. The fourth-order valence-corrected chi connectivity index (χ4v) is 6.41. The third-order valence-corrected chi connectivity index (χ3v) is 8.19. The first-order valence-corrected chi connectivity index (χ1v) is 13.7. The highest BCUT2D eigenvalue weighted by molar-refractivity contribution is 7.15. The number of nitrogens with one attached hydrogen (secondary N) is 1. The molecule has 0 aliphatic heterocycles. The smallest absolute Gasteiger partial charge is 0.342 e. The maximum Gasteiger partial charge on any atom is 0.342 e. The molecule has 0 unspecified atom stereocenters. The van der Waals surface area contributed by atoms with Gasteiger partial charge in [0.15, 0.2) is 0 Å². The van der Waals surface area contributed by atoms with Crippen LogP contribution in [0, 0.1) is 11.8 Å². The lowest BCUT2D eigenvalue weighted by molar-refractivity contribution is -0.147. The lowest BCUT2D eigenvalue weighted by Crippen LogP contribution is -2.36. The number of ether oxygens (including phenoxy) is 1. The largest absolute Gasteiger partial charge is 0.481 e. The highest BCUT2D eigenvalue weighted by Crippen LogP contribution is 2.39. The molecule has 1 amide bonds. The van der Waals surface area contributed by atoms with E-state index in [-0.39, 0.29) is 12.0 Å². The number of benzene rings is 1. The first-order valence-electron chi connectivity index (χ1n) is 12.8. The molecule has 2 aliphatic rings. The summed E-state index contributed by atoms with van der Waals surface area (Å²) in [7, 11) is 0. The monoisotopic (exact) mass is 497 g/mol. The number of rotatable bonds is 7. The van der Waals surface area contributed by atoms with Gasteiger partial charge >= 0.3 is 11.9 Å². The molecule has 1 aromatic carbocycles. The Kier molecular flexibility index (Phi) is 8.26. The molecule has 6 nitrogen and oxygen atoms in total. The van der Waals surface area contributed by atoms with E-state index in [1.54, 1.807) is 13.8 Å². The molecule has 0 saturated heterocycles. The third-order valence-electron chi connectivity index (χ3n) is 7.29. The second-order valence-electron chi connectivity index (χ2n) is 10.1. The molecular formula is C28H35NO5S. The van der Waals surface area contributed by atoms with Crippen molar-refractivity contribution in [3.8, 4) is 11.1 Å². The number of hydrogen-bond donors (Lipinski definition) is 2. The van der Waals surface area contributed by atoms with Crippen LogP contribution in [0.25, 0.3) is 11.1 Å². The second kappa shape index (κ2) is 11.4. The van der Waals surface area contributed by atoms with Gasteiger partial charge in [-0.1, -0.05) is 56.4 Å². The first-order chi connectivity index (χ1) is 16.8. The number of hydrogen-bond acceptors (Lipinski definition) is 5. The summed E-state index contributed by atoms with van der Waals surface area (Å²) < 4.78 is 5.53. The van der Waals surface area contributed by atoms with Crippen LogP contribution in [0.4, 0.5) is 5.00 Å². The van der Waals surface area contributed by atoms with Gasteiger partial charge in [0.2, 0.25) is 5.91 Å². The van der Waals surface area contributed by atoms with Crippen LogP contribution in [0.3, 0.4) is 0 Å². The number of carbonyl (C=O) groups excluding carboxylic acids is 2. The summed E-state index contributed by atoms with van der Waals surface area (Å²) in [6, 6.07) is 8.40. The van der Waals surface area contributed by atoms with Crippen LogP contribution in [0.5, 0.6) is 0 Å². The Hall–Kier alpha value is -2.67. The van der Waals surface area contributed by atoms with Crippen molar-refractivity contribution in [3.05, 3.63) is 40.8 Å². The molecular weight excluding hydrogens is 462 g/mol. The average Bonchev–Trinajstić information content (AvgIpc) is 3.27. The Balaban J connectivity index is 1.61. The van der Waals surface area contributed by atoms with Gasteiger partial charge in [-0.3, -0.25) is 9.59 Å². The van der Waals surface area contributed by atoms with Crippen molar-refractivity contribution in [2.45, 2.75) is 83.7 Å². The first kappa shape index (κ1) is 25.4. The molecule has 2 atom stereocenters. The fourth-order valence-electron chi connectivity index (χ4n) is 5.45. The SMILES string of the molecule is CC(C)OC(=O)c1c(-c2ccc(C3CCCCC3)cc2)csc1NC(=O)[C@@H]1CCCC[C@H]1C(=O)O.